The summed E-state index contributed by atoms with van der Waals surface area (Å²) < 4.78 is 10.5. The Labute approximate surface area is 234 Å². The van der Waals surface area contributed by atoms with Crippen LogP contribution in [0.5, 0.6) is 11.5 Å². The molecule has 0 atom stereocenters. The second-order valence-corrected chi connectivity index (χ2v) is 8.58. The Bertz CT molecular complexity index is 1590. The highest BCUT2D eigenvalue weighted by atomic mass is 16.6. The van der Waals surface area contributed by atoms with E-state index in [4.69, 9.17) is 9.47 Å². The van der Waals surface area contributed by atoms with E-state index >= 15 is 0 Å². The number of hydrogen-bond acceptors (Lipinski definition) is 8. The minimum atomic E-state index is -0.698. The number of ether oxygens (including phenoxy) is 2. The van der Waals surface area contributed by atoms with Gasteiger partial charge in [0.25, 0.3) is 11.6 Å². The van der Waals surface area contributed by atoms with Crippen LogP contribution < -0.4 is 20.2 Å². The summed E-state index contributed by atoms with van der Waals surface area (Å²) in [5, 5.41) is 17.9. The van der Waals surface area contributed by atoms with Crippen LogP contribution in [0.2, 0.25) is 0 Å². The number of nitrogens with zero attached hydrogens (tertiary/aromatic N) is 2. The Morgan fingerprint density at radius 3 is 2.24 bits per heavy atom. The summed E-state index contributed by atoms with van der Waals surface area (Å²) in [6.07, 6.45) is 1.35. The molecule has 0 heterocycles. The highest BCUT2D eigenvalue weighted by molar-refractivity contribution is 5.97. The van der Waals surface area contributed by atoms with Crippen molar-refractivity contribution in [1.82, 2.24) is 5.43 Å². The zero-order valence-electron chi connectivity index (χ0n) is 21.8. The maximum Gasteiger partial charge on any atom is 0.343 e. The van der Waals surface area contributed by atoms with Crippen LogP contribution in [0.25, 0.3) is 0 Å². The van der Waals surface area contributed by atoms with Crippen LogP contribution in [0.1, 0.15) is 31.8 Å². The minimum Gasteiger partial charge on any atom is -0.497 e. The summed E-state index contributed by atoms with van der Waals surface area (Å²) in [5.41, 5.74) is 4.06. The molecule has 0 aromatic heterocycles. The van der Waals surface area contributed by atoms with Crippen LogP contribution in [0.4, 0.5) is 11.4 Å². The number of hydrazone groups is 1. The first-order valence-corrected chi connectivity index (χ1v) is 12.2. The fourth-order valence-corrected chi connectivity index (χ4v) is 3.65. The second kappa shape index (κ2) is 13.3. The molecule has 0 saturated carbocycles. The Kier molecular flexibility index (Phi) is 9.13. The van der Waals surface area contributed by atoms with E-state index in [9.17, 15) is 24.5 Å². The molecular weight excluding hydrogens is 528 g/mol. The highest BCUT2D eigenvalue weighted by Gasteiger charge is 2.15. The Morgan fingerprint density at radius 1 is 0.902 bits per heavy atom. The molecule has 41 heavy (non-hydrogen) atoms. The lowest BCUT2D eigenvalue weighted by molar-refractivity contribution is -0.384. The standard InChI is InChI=1S/C30H24N4O7/c1-40-26-14-9-22(10-15-26)30(37)41-27-16-13-25(34(38)39)18-23(27)19-31-33-29(36)21-7-11-24(12-8-21)32-28(35)17-20-5-3-2-4-6-20/h2-16,18-19H,17H2,1H3,(H,32,35)(H,33,36)/b31-19+. The lowest BCUT2D eigenvalue weighted by Crippen LogP contribution is -2.18. The van der Waals surface area contributed by atoms with E-state index in [1.165, 1.54) is 49.6 Å². The number of carbonyl (C=O) groups is 3. The predicted octanol–water partition coefficient (Wildman–Crippen LogP) is 4.77. The number of benzene rings is 4. The normalized spacial score (nSPS) is 10.6. The lowest BCUT2D eigenvalue weighted by atomic mass is 10.1. The quantitative estimate of drug-likeness (QED) is 0.0946. The van der Waals surface area contributed by atoms with Gasteiger partial charge in [0.2, 0.25) is 5.91 Å². The number of non-ortho nitro benzene ring substituents is 1. The molecular formula is C30H24N4O7. The number of nitro benzene ring substituents is 1. The van der Waals surface area contributed by atoms with Gasteiger partial charge in [-0.25, -0.2) is 10.2 Å². The summed E-state index contributed by atoms with van der Waals surface area (Å²) in [4.78, 5) is 48.1. The molecule has 11 heteroatoms. The molecule has 2 amide bonds. The van der Waals surface area contributed by atoms with Crippen LogP contribution in [-0.2, 0) is 11.2 Å². The topological polar surface area (TPSA) is 149 Å². The van der Waals surface area contributed by atoms with Gasteiger partial charge in [-0.3, -0.25) is 19.7 Å². The summed E-state index contributed by atoms with van der Waals surface area (Å²) in [5.74, 6) is -0.895. The average molecular weight is 553 g/mol. The first-order chi connectivity index (χ1) is 19.8. The van der Waals surface area contributed by atoms with Gasteiger partial charge in [-0.2, -0.15) is 5.10 Å². The van der Waals surface area contributed by atoms with E-state index in [0.29, 0.717) is 11.4 Å². The van der Waals surface area contributed by atoms with Crippen LogP contribution in [0, 0.1) is 10.1 Å². The van der Waals surface area contributed by atoms with Gasteiger partial charge < -0.3 is 14.8 Å². The number of anilines is 1. The van der Waals surface area contributed by atoms with E-state index in [1.54, 1.807) is 24.3 Å². The van der Waals surface area contributed by atoms with Crippen LogP contribution >= 0.6 is 0 Å². The van der Waals surface area contributed by atoms with E-state index in [1.807, 2.05) is 30.3 Å². The average Bonchev–Trinajstić information content (AvgIpc) is 2.98. The van der Waals surface area contributed by atoms with Crippen molar-refractivity contribution in [3.8, 4) is 11.5 Å². The van der Waals surface area contributed by atoms with Crippen molar-refractivity contribution in [1.29, 1.82) is 0 Å². The van der Waals surface area contributed by atoms with Gasteiger partial charge in [0.1, 0.15) is 11.5 Å². The zero-order chi connectivity index (χ0) is 29.2. The van der Waals surface area contributed by atoms with Gasteiger partial charge in [-0.1, -0.05) is 30.3 Å². The maximum absolute atomic E-state index is 12.6. The number of rotatable bonds is 10. The summed E-state index contributed by atoms with van der Waals surface area (Å²) >= 11 is 0. The minimum absolute atomic E-state index is 0.00464. The number of methoxy groups -OCH3 is 1. The number of amides is 2. The van der Waals surface area contributed by atoms with Crippen molar-refractivity contribution >= 4 is 35.4 Å². The third-order valence-electron chi connectivity index (χ3n) is 5.74. The molecule has 0 fully saturated rings. The van der Waals surface area contributed by atoms with Crippen molar-refractivity contribution in [3.05, 3.63) is 129 Å². The van der Waals surface area contributed by atoms with Crippen molar-refractivity contribution in [2.45, 2.75) is 6.42 Å². The molecule has 0 saturated heterocycles. The summed E-state index contributed by atoms with van der Waals surface area (Å²) in [6, 6.07) is 25.3. The molecule has 0 aliphatic heterocycles. The van der Waals surface area contributed by atoms with Gasteiger partial charge in [0.15, 0.2) is 0 Å². The second-order valence-electron chi connectivity index (χ2n) is 8.58. The lowest BCUT2D eigenvalue weighted by Gasteiger charge is -2.08. The SMILES string of the molecule is COc1ccc(C(=O)Oc2ccc([N+](=O)[O-])cc2/C=N/NC(=O)c2ccc(NC(=O)Cc3ccccc3)cc2)cc1. The Hall–Kier alpha value is -5.84. The Morgan fingerprint density at radius 2 is 1.59 bits per heavy atom. The Balaban J connectivity index is 1.40. The van der Waals surface area contributed by atoms with Crippen LogP contribution in [0.3, 0.4) is 0 Å². The van der Waals surface area contributed by atoms with E-state index < -0.39 is 16.8 Å². The molecule has 0 spiro atoms. The molecule has 0 unspecified atom stereocenters. The maximum atomic E-state index is 12.6. The summed E-state index contributed by atoms with van der Waals surface area (Å²) in [7, 11) is 1.50. The van der Waals surface area contributed by atoms with Crippen molar-refractivity contribution < 1.29 is 28.8 Å². The van der Waals surface area contributed by atoms with Gasteiger partial charge >= 0.3 is 5.97 Å². The highest BCUT2D eigenvalue weighted by Crippen LogP contribution is 2.24. The third kappa shape index (κ3) is 7.83. The molecule has 206 valence electrons. The van der Waals surface area contributed by atoms with Gasteiger partial charge in [0, 0.05) is 28.9 Å². The van der Waals surface area contributed by atoms with Crippen molar-refractivity contribution in [2.24, 2.45) is 5.10 Å². The first-order valence-electron chi connectivity index (χ1n) is 12.2. The fourth-order valence-electron chi connectivity index (χ4n) is 3.65. The number of nitrogens with one attached hydrogen (secondary N) is 2. The van der Waals surface area contributed by atoms with E-state index in [-0.39, 0.29) is 40.5 Å². The monoisotopic (exact) mass is 552 g/mol. The molecule has 2 N–H and O–H groups in total. The largest absolute Gasteiger partial charge is 0.497 e. The van der Waals surface area contributed by atoms with Gasteiger partial charge in [-0.05, 0) is 60.2 Å². The molecule has 0 aliphatic carbocycles. The fraction of sp³-hybridized carbons (Fsp3) is 0.0667. The number of carbonyl (C=O) groups excluding carboxylic acids is 3. The molecule has 4 rings (SSSR count). The summed E-state index contributed by atoms with van der Waals surface area (Å²) in [6.45, 7) is 0. The van der Waals surface area contributed by atoms with Crippen molar-refractivity contribution in [3.63, 3.8) is 0 Å². The molecule has 0 bridgehead atoms. The van der Waals surface area contributed by atoms with Crippen LogP contribution in [0.15, 0.2) is 102 Å². The van der Waals surface area contributed by atoms with Crippen LogP contribution in [-0.4, -0.2) is 36.0 Å². The van der Waals surface area contributed by atoms with Gasteiger partial charge in [0.05, 0.1) is 30.2 Å². The smallest absolute Gasteiger partial charge is 0.343 e. The number of hydrogen-bond donors (Lipinski definition) is 2. The van der Waals surface area contributed by atoms with Gasteiger partial charge in [-0.15, -0.1) is 0 Å². The third-order valence-corrected chi connectivity index (χ3v) is 5.74. The molecule has 11 nitrogen and oxygen atoms in total. The molecule has 4 aromatic rings. The zero-order valence-corrected chi connectivity index (χ0v) is 21.8. The number of esters is 1. The van der Waals surface area contributed by atoms with Crippen molar-refractivity contribution in [2.75, 3.05) is 12.4 Å². The molecule has 0 radical (unpaired) electrons. The molecule has 4 aromatic carbocycles. The van der Waals surface area contributed by atoms with E-state index in [0.717, 1.165) is 11.8 Å². The predicted molar refractivity (Wildman–Crippen MR) is 151 cm³/mol. The molecule has 0 aliphatic rings. The van der Waals surface area contributed by atoms with E-state index in [2.05, 4.69) is 15.8 Å². The number of nitro groups is 1. The first kappa shape index (κ1) is 28.2.